The fourth-order valence-electron chi connectivity index (χ4n) is 1.79. The van der Waals surface area contributed by atoms with Crippen molar-refractivity contribution in [2.45, 2.75) is 27.0 Å². The number of rotatable bonds is 4. The highest BCUT2D eigenvalue weighted by Gasteiger charge is 2.07. The zero-order valence-corrected chi connectivity index (χ0v) is 10.5. The first-order valence-electron chi connectivity index (χ1n) is 5.81. The maximum Gasteiger partial charge on any atom is 0.142 e. The topological polar surface area (TPSA) is 53.1 Å². The van der Waals surface area contributed by atoms with Gasteiger partial charge in [0.2, 0.25) is 0 Å². The molecular weight excluding hydrogens is 233 g/mol. The third kappa shape index (κ3) is 2.61. The van der Waals surface area contributed by atoms with Crippen molar-refractivity contribution in [1.29, 1.82) is 0 Å². The second-order valence-corrected chi connectivity index (χ2v) is 4.06. The number of anilines is 1. The first kappa shape index (κ1) is 12.4. The van der Waals surface area contributed by atoms with Gasteiger partial charge in [-0.05, 0) is 32.0 Å². The molecule has 2 rings (SSSR count). The third-order valence-electron chi connectivity index (χ3n) is 2.63. The van der Waals surface area contributed by atoms with Gasteiger partial charge in [-0.1, -0.05) is 0 Å². The van der Waals surface area contributed by atoms with Crippen LogP contribution in [0.4, 0.5) is 10.1 Å². The molecule has 0 bridgehead atoms. The molecule has 1 heterocycles. The molecule has 2 N–H and O–H groups in total. The van der Waals surface area contributed by atoms with E-state index in [0.29, 0.717) is 18.0 Å². The Hall–Kier alpha value is -2.04. The summed E-state index contributed by atoms with van der Waals surface area (Å²) in [5.74, 6) is 0.118. The lowest BCUT2D eigenvalue weighted by atomic mass is 10.3. The molecule has 0 amide bonds. The Kier molecular flexibility index (Phi) is 3.50. The van der Waals surface area contributed by atoms with E-state index in [-0.39, 0.29) is 5.82 Å². The molecular formula is C13H16FN3O. The lowest BCUT2D eigenvalue weighted by Crippen LogP contribution is -2.07. The van der Waals surface area contributed by atoms with Crippen LogP contribution in [0.15, 0.2) is 24.3 Å². The van der Waals surface area contributed by atoms with Gasteiger partial charge in [-0.2, -0.15) is 5.10 Å². The average molecular weight is 249 g/mol. The van der Waals surface area contributed by atoms with Crippen molar-refractivity contribution in [3.63, 3.8) is 0 Å². The Bertz CT molecular complexity index is 551. The number of nitrogens with two attached hydrogens (primary N) is 1. The largest absolute Gasteiger partial charge is 0.485 e. The molecule has 0 radical (unpaired) electrons. The average Bonchev–Trinajstić information content (AvgIpc) is 2.68. The molecule has 96 valence electrons. The molecule has 18 heavy (non-hydrogen) atoms. The number of halogens is 1. The molecule has 0 aliphatic rings. The Morgan fingerprint density at radius 2 is 2.17 bits per heavy atom. The minimum atomic E-state index is -0.366. The maximum atomic E-state index is 12.9. The van der Waals surface area contributed by atoms with Crippen molar-refractivity contribution in [3.05, 3.63) is 41.5 Å². The van der Waals surface area contributed by atoms with E-state index in [9.17, 15) is 4.39 Å². The monoisotopic (exact) mass is 249 g/mol. The van der Waals surface area contributed by atoms with Crippen molar-refractivity contribution in [3.8, 4) is 5.75 Å². The summed E-state index contributed by atoms with van der Waals surface area (Å²) in [6, 6.07) is 6.07. The molecule has 0 fully saturated rings. The molecule has 0 spiro atoms. The van der Waals surface area contributed by atoms with Crippen LogP contribution in [0.2, 0.25) is 0 Å². The van der Waals surface area contributed by atoms with E-state index in [1.165, 1.54) is 18.2 Å². The number of benzene rings is 1. The van der Waals surface area contributed by atoms with Gasteiger partial charge in [0.1, 0.15) is 18.2 Å². The molecule has 4 nitrogen and oxygen atoms in total. The van der Waals surface area contributed by atoms with Crippen LogP contribution in [0, 0.1) is 12.7 Å². The zero-order valence-electron chi connectivity index (χ0n) is 10.5. The van der Waals surface area contributed by atoms with Crippen LogP contribution in [0.3, 0.4) is 0 Å². The van der Waals surface area contributed by atoms with E-state index in [4.69, 9.17) is 10.5 Å². The zero-order chi connectivity index (χ0) is 13.1. The van der Waals surface area contributed by atoms with E-state index in [2.05, 4.69) is 5.10 Å². The van der Waals surface area contributed by atoms with Gasteiger partial charge in [-0.3, -0.25) is 4.68 Å². The smallest absolute Gasteiger partial charge is 0.142 e. The van der Waals surface area contributed by atoms with Crippen LogP contribution in [0.5, 0.6) is 5.75 Å². The number of hydrogen-bond donors (Lipinski definition) is 1. The van der Waals surface area contributed by atoms with Crippen molar-refractivity contribution >= 4 is 5.69 Å². The Morgan fingerprint density at radius 1 is 1.39 bits per heavy atom. The van der Waals surface area contributed by atoms with Crippen molar-refractivity contribution in [2.75, 3.05) is 5.73 Å². The van der Waals surface area contributed by atoms with E-state index in [1.807, 2.05) is 24.6 Å². The standard InChI is InChI=1S/C13H16FN3O/c1-3-17-11(6-9(2)16-17)8-18-13-5-4-10(14)7-12(13)15/h4-7H,3,8,15H2,1-2H3. The SMILES string of the molecule is CCn1nc(C)cc1COc1ccc(F)cc1N. The van der Waals surface area contributed by atoms with Crippen molar-refractivity contribution < 1.29 is 9.13 Å². The maximum absolute atomic E-state index is 12.9. The molecule has 0 saturated carbocycles. The summed E-state index contributed by atoms with van der Waals surface area (Å²) in [6.45, 7) is 5.10. The summed E-state index contributed by atoms with van der Waals surface area (Å²) >= 11 is 0. The van der Waals surface area contributed by atoms with E-state index < -0.39 is 0 Å². The Balaban J connectivity index is 2.11. The first-order chi connectivity index (χ1) is 8.60. The summed E-state index contributed by atoms with van der Waals surface area (Å²) in [7, 11) is 0. The second kappa shape index (κ2) is 5.08. The normalized spacial score (nSPS) is 10.6. The van der Waals surface area contributed by atoms with E-state index >= 15 is 0 Å². The predicted molar refractivity (Wildman–Crippen MR) is 67.8 cm³/mol. The van der Waals surface area contributed by atoms with Gasteiger partial charge >= 0.3 is 0 Å². The summed E-state index contributed by atoms with van der Waals surface area (Å²) in [6.07, 6.45) is 0. The lowest BCUT2D eigenvalue weighted by Gasteiger charge is -2.09. The van der Waals surface area contributed by atoms with Crippen LogP contribution < -0.4 is 10.5 Å². The van der Waals surface area contributed by atoms with Crippen LogP contribution in [0.25, 0.3) is 0 Å². The Morgan fingerprint density at radius 3 is 2.83 bits per heavy atom. The van der Waals surface area contributed by atoms with Gasteiger partial charge in [0.15, 0.2) is 0 Å². The van der Waals surface area contributed by atoms with Crippen LogP contribution in [0.1, 0.15) is 18.3 Å². The summed E-state index contributed by atoms with van der Waals surface area (Å²) in [4.78, 5) is 0. The molecule has 2 aromatic rings. The molecule has 0 atom stereocenters. The highest BCUT2D eigenvalue weighted by atomic mass is 19.1. The second-order valence-electron chi connectivity index (χ2n) is 4.06. The Labute approximate surface area is 105 Å². The van der Waals surface area contributed by atoms with Gasteiger partial charge in [-0.25, -0.2) is 4.39 Å². The van der Waals surface area contributed by atoms with Crippen LogP contribution in [-0.4, -0.2) is 9.78 Å². The lowest BCUT2D eigenvalue weighted by molar-refractivity contribution is 0.293. The molecule has 0 aliphatic carbocycles. The highest BCUT2D eigenvalue weighted by molar-refractivity contribution is 5.52. The van der Waals surface area contributed by atoms with Crippen molar-refractivity contribution in [1.82, 2.24) is 9.78 Å². The fourth-order valence-corrected chi connectivity index (χ4v) is 1.79. The molecule has 0 unspecified atom stereocenters. The number of nitrogen functional groups attached to an aromatic ring is 1. The van der Waals surface area contributed by atoms with Crippen molar-refractivity contribution in [2.24, 2.45) is 0 Å². The van der Waals surface area contributed by atoms with E-state index in [1.54, 1.807) is 0 Å². The highest BCUT2D eigenvalue weighted by Crippen LogP contribution is 2.23. The first-order valence-corrected chi connectivity index (χ1v) is 5.81. The minimum absolute atomic E-state index is 0.300. The summed E-state index contributed by atoms with van der Waals surface area (Å²) in [5, 5.41) is 4.32. The number of ether oxygens (including phenoxy) is 1. The molecule has 0 saturated heterocycles. The predicted octanol–water partition coefficient (Wildman–Crippen LogP) is 2.51. The molecule has 0 aliphatic heterocycles. The van der Waals surface area contributed by atoms with Gasteiger partial charge in [0.25, 0.3) is 0 Å². The number of nitrogens with zero attached hydrogens (tertiary/aromatic N) is 2. The fraction of sp³-hybridized carbons (Fsp3) is 0.308. The minimum Gasteiger partial charge on any atom is -0.485 e. The number of aromatic nitrogens is 2. The van der Waals surface area contributed by atoms with Gasteiger partial charge in [0.05, 0.1) is 17.1 Å². The van der Waals surface area contributed by atoms with Crippen LogP contribution >= 0.6 is 0 Å². The number of hydrogen-bond acceptors (Lipinski definition) is 3. The quantitative estimate of drug-likeness (QED) is 0.847. The van der Waals surface area contributed by atoms with Crippen LogP contribution in [-0.2, 0) is 13.2 Å². The van der Waals surface area contributed by atoms with Gasteiger partial charge in [0, 0.05) is 12.6 Å². The third-order valence-corrected chi connectivity index (χ3v) is 2.63. The van der Waals surface area contributed by atoms with Gasteiger partial charge < -0.3 is 10.5 Å². The van der Waals surface area contributed by atoms with Gasteiger partial charge in [-0.15, -0.1) is 0 Å². The summed E-state index contributed by atoms with van der Waals surface area (Å²) in [5.41, 5.74) is 7.89. The summed E-state index contributed by atoms with van der Waals surface area (Å²) < 4.78 is 20.3. The number of aryl methyl sites for hydroxylation is 2. The van der Waals surface area contributed by atoms with E-state index in [0.717, 1.165) is 17.9 Å². The molecule has 1 aromatic heterocycles. The molecule has 5 heteroatoms. The molecule has 1 aromatic carbocycles.